The second-order valence-electron chi connectivity index (χ2n) is 6.31. The first-order valence-corrected chi connectivity index (χ1v) is 10.6. The third-order valence-electron chi connectivity index (χ3n) is 4.12. The van der Waals surface area contributed by atoms with Gasteiger partial charge in [-0.3, -0.25) is 10.1 Å². The van der Waals surface area contributed by atoms with Gasteiger partial charge in [0.15, 0.2) is 0 Å². The SMILES string of the molecule is O=C1NC(=O)C(CSCc2ccc(O)cc2)(CSCc2ccc(O)cc2)N1. The van der Waals surface area contributed by atoms with Crippen molar-refractivity contribution in [2.75, 3.05) is 11.5 Å². The Balaban J connectivity index is 1.58. The number of phenolic OH excluding ortho intramolecular Hbond substituents is 2. The van der Waals surface area contributed by atoms with Gasteiger partial charge in [0, 0.05) is 23.0 Å². The largest absolute Gasteiger partial charge is 0.508 e. The fraction of sp³-hybridized carbons (Fsp3) is 0.263. The van der Waals surface area contributed by atoms with Gasteiger partial charge in [0.1, 0.15) is 17.0 Å². The third kappa shape index (κ3) is 5.11. The molecule has 1 heterocycles. The average molecular weight is 405 g/mol. The number of rotatable bonds is 8. The van der Waals surface area contributed by atoms with Crippen molar-refractivity contribution >= 4 is 35.5 Å². The minimum absolute atomic E-state index is 0.216. The Morgan fingerprint density at radius 3 is 1.59 bits per heavy atom. The summed E-state index contributed by atoms with van der Waals surface area (Å²) >= 11 is 3.12. The van der Waals surface area contributed by atoms with Crippen molar-refractivity contribution in [2.24, 2.45) is 0 Å². The Kier molecular flexibility index (Phi) is 6.18. The second-order valence-corrected chi connectivity index (χ2v) is 8.28. The third-order valence-corrected chi connectivity index (χ3v) is 6.59. The van der Waals surface area contributed by atoms with Gasteiger partial charge in [0.25, 0.3) is 5.91 Å². The standard InChI is InChI=1S/C19H20N2O4S2/c22-15-5-1-13(2-6-15)9-26-11-19(17(24)20-18(25)21-19)12-27-10-14-3-7-16(23)8-4-14/h1-8,22-23H,9-12H2,(H2,20,21,24,25). The number of carbonyl (C=O) groups excluding carboxylic acids is 2. The molecule has 0 unspecified atom stereocenters. The maximum absolute atomic E-state index is 12.4. The zero-order valence-electron chi connectivity index (χ0n) is 14.5. The lowest BCUT2D eigenvalue weighted by molar-refractivity contribution is -0.122. The van der Waals surface area contributed by atoms with Crippen molar-refractivity contribution in [3.05, 3.63) is 59.7 Å². The summed E-state index contributed by atoms with van der Waals surface area (Å²) in [5.74, 6) is 2.38. The van der Waals surface area contributed by atoms with Crippen LogP contribution in [0.25, 0.3) is 0 Å². The number of hydrogen-bond acceptors (Lipinski definition) is 6. The van der Waals surface area contributed by atoms with Crippen molar-refractivity contribution in [2.45, 2.75) is 17.0 Å². The number of imide groups is 1. The number of hydrogen-bond donors (Lipinski definition) is 4. The van der Waals surface area contributed by atoms with E-state index in [1.807, 2.05) is 24.3 Å². The lowest BCUT2D eigenvalue weighted by atomic mass is 10.1. The second kappa shape index (κ2) is 8.58. The summed E-state index contributed by atoms with van der Waals surface area (Å²) in [4.78, 5) is 24.1. The van der Waals surface area contributed by atoms with Crippen LogP contribution < -0.4 is 10.6 Å². The molecule has 4 N–H and O–H groups in total. The Bertz CT molecular complexity index is 758. The quantitative estimate of drug-likeness (QED) is 0.505. The van der Waals surface area contributed by atoms with E-state index in [1.165, 1.54) is 0 Å². The Morgan fingerprint density at radius 2 is 1.22 bits per heavy atom. The molecule has 0 bridgehead atoms. The molecule has 3 amide bonds. The number of nitrogens with one attached hydrogen (secondary N) is 2. The molecule has 0 saturated carbocycles. The molecule has 1 aliphatic heterocycles. The summed E-state index contributed by atoms with van der Waals surface area (Å²) in [6.07, 6.45) is 0. The van der Waals surface area contributed by atoms with Crippen LogP contribution in [-0.2, 0) is 16.3 Å². The van der Waals surface area contributed by atoms with Gasteiger partial charge in [-0.25, -0.2) is 4.79 Å². The van der Waals surface area contributed by atoms with Crippen molar-refractivity contribution in [1.29, 1.82) is 0 Å². The number of amides is 3. The van der Waals surface area contributed by atoms with Crippen LogP contribution in [0.3, 0.4) is 0 Å². The number of aromatic hydroxyl groups is 2. The summed E-state index contributed by atoms with van der Waals surface area (Å²) in [5.41, 5.74) is 1.13. The zero-order valence-corrected chi connectivity index (χ0v) is 16.1. The highest BCUT2D eigenvalue weighted by Crippen LogP contribution is 2.27. The highest BCUT2D eigenvalue weighted by molar-refractivity contribution is 7.99. The molecule has 142 valence electrons. The van der Waals surface area contributed by atoms with Gasteiger partial charge in [0.2, 0.25) is 0 Å². The van der Waals surface area contributed by atoms with Crippen molar-refractivity contribution in [3.63, 3.8) is 0 Å². The predicted molar refractivity (Wildman–Crippen MR) is 108 cm³/mol. The monoisotopic (exact) mass is 404 g/mol. The first-order chi connectivity index (χ1) is 13.0. The molecule has 2 aromatic carbocycles. The van der Waals surface area contributed by atoms with Crippen LogP contribution in [-0.4, -0.2) is 39.2 Å². The highest BCUT2D eigenvalue weighted by Gasteiger charge is 2.45. The number of benzene rings is 2. The fourth-order valence-corrected chi connectivity index (χ4v) is 5.14. The van der Waals surface area contributed by atoms with Gasteiger partial charge in [-0.1, -0.05) is 24.3 Å². The molecule has 0 aromatic heterocycles. The van der Waals surface area contributed by atoms with E-state index in [0.717, 1.165) is 11.1 Å². The molecular weight excluding hydrogens is 384 g/mol. The Hall–Kier alpha value is -2.32. The summed E-state index contributed by atoms with van der Waals surface area (Å²) < 4.78 is 0. The van der Waals surface area contributed by atoms with E-state index in [-0.39, 0.29) is 17.4 Å². The summed E-state index contributed by atoms with van der Waals surface area (Å²) in [7, 11) is 0. The molecule has 1 fully saturated rings. The lowest BCUT2D eigenvalue weighted by Crippen LogP contribution is -2.51. The predicted octanol–water partition coefficient (Wildman–Crippen LogP) is 2.84. The molecule has 0 atom stereocenters. The molecule has 0 radical (unpaired) electrons. The highest BCUT2D eigenvalue weighted by atomic mass is 32.2. The molecule has 8 heteroatoms. The van der Waals surface area contributed by atoms with Crippen LogP contribution in [0.4, 0.5) is 4.79 Å². The minimum Gasteiger partial charge on any atom is -0.508 e. The number of phenols is 2. The average Bonchev–Trinajstić information content (AvgIpc) is 2.92. The van der Waals surface area contributed by atoms with Crippen LogP contribution in [0.5, 0.6) is 11.5 Å². The Morgan fingerprint density at radius 1 is 0.778 bits per heavy atom. The van der Waals surface area contributed by atoms with Gasteiger partial charge in [0.05, 0.1) is 0 Å². The van der Waals surface area contributed by atoms with Crippen LogP contribution in [0.2, 0.25) is 0 Å². The van der Waals surface area contributed by atoms with Crippen LogP contribution in [0, 0.1) is 0 Å². The van der Waals surface area contributed by atoms with Gasteiger partial charge in [-0.2, -0.15) is 23.5 Å². The molecular formula is C19H20N2O4S2. The van der Waals surface area contributed by atoms with Gasteiger partial charge in [-0.05, 0) is 35.4 Å². The zero-order chi connectivity index (χ0) is 19.3. The topological polar surface area (TPSA) is 98.7 Å². The van der Waals surface area contributed by atoms with Crippen LogP contribution in [0.15, 0.2) is 48.5 Å². The first-order valence-electron chi connectivity index (χ1n) is 8.32. The molecule has 27 heavy (non-hydrogen) atoms. The number of carbonyl (C=O) groups is 2. The van der Waals surface area contributed by atoms with Gasteiger partial charge >= 0.3 is 6.03 Å². The van der Waals surface area contributed by atoms with Gasteiger partial charge in [-0.15, -0.1) is 0 Å². The van der Waals surface area contributed by atoms with Crippen molar-refractivity contribution in [3.8, 4) is 11.5 Å². The fourth-order valence-electron chi connectivity index (χ4n) is 2.64. The number of thioether (sulfide) groups is 2. The lowest BCUT2D eigenvalue weighted by Gasteiger charge is -2.25. The van der Waals surface area contributed by atoms with E-state index in [9.17, 15) is 19.8 Å². The molecule has 1 aliphatic rings. The minimum atomic E-state index is -0.944. The number of urea groups is 1. The normalized spacial score (nSPS) is 15.4. The van der Waals surface area contributed by atoms with Crippen LogP contribution in [0.1, 0.15) is 11.1 Å². The smallest absolute Gasteiger partial charge is 0.322 e. The first kappa shape index (κ1) is 19.4. The van der Waals surface area contributed by atoms with Crippen molar-refractivity contribution in [1.82, 2.24) is 10.6 Å². The summed E-state index contributed by atoms with van der Waals surface area (Å²) in [5, 5.41) is 23.8. The van der Waals surface area contributed by atoms with Crippen LogP contribution >= 0.6 is 23.5 Å². The molecule has 0 aliphatic carbocycles. The van der Waals surface area contributed by atoms with Crippen molar-refractivity contribution < 1.29 is 19.8 Å². The maximum Gasteiger partial charge on any atom is 0.322 e. The maximum atomic E-state index is 12.4. The molecule has 2 aromatic rings. The van der Waals surface area contributed by atoms with E-state index in [0.29, 0.717) is 23.0 Å². The summed E-state index contributed by atoms with van der Waals surface area (Å²) in [6.45, 7) is 0. The van der Waals surface area contributed by atoms with E-state index < -0.39 is 11.6 Å². The summed E-state index contributed by atoms with van der Waals surface area (Å²) in [6, 6.07) is 13.4. The molecule has 3 rings (SSSR count). The Labute approximate surface area is 165 Å². The van der Waals surface area contributed by atoms with E-state index >= 15 is 0 Å². The molecule has 0 spiro atoms. The molecule has 6 nitrogen and oxygen atoms in total. The molecule has 1 saturated heterocycles. The van der Waals surface area contributed by atoms with E-state index in [2.05, 4.69) is 10.6 Å². The van der Waals surface area contributed by atoms with E-state index in [1.54, 1.807) is 47.8 Å². The van der Waals surface area contributed by atoms with Gasteiger partial charge < -0.3 is 15.5 Å². The van der Waals surface area contributed by atoms with E-state index in [4.69, 9.17) is 0 Å².